The first kappa shape index (κ1) is 12.5. The van der Waals surface area contributed by atoms with Gasteiger partial charge in [-0.3, -0.25) is 0 Å². The highest BCUT2D eigenvalue weighted by Gasteiger charge is 2.13. The molecule has 0 radical (unpaired) electrons. The summed E-state index contributed by atoms with van der Waals surface area (Å²) < 4.78 is 0. The number of anilines is 1. The van der Waals surface area contributed by atoms with Gasteiger partial charge in [-0.25, -0.2) is 4.98 Å². The lowest BCUT2D eigenvalue weighted by Crippen LogP contribution is -2.28. The fourth-order valence-corrected chi connectivity index (χ4v) is 1.57. The SMILES string of the molecule is C=CCN(CCO)c1nccc(C#N)c1Cl. The lowest BCUT2D eigenvalue weighted by atomic mass is 10.2. The third-order valence-electron chi connectivity index (χ3n) is 2.01. The van der Waals surface area contributed by atoms with E-state index in [-0.39, 0.29) is 6.61 Å². The van der Waals surface area contributed by atoms with Gasteiger partial charge in [0, 0.05) is 19.3 Å². The zero-order valence-electron chi connectivity index (χ0n) is 8.73. The summed E-state index contributed by atoms with van der Waals surface area (Å²) in [5, 5.41) is 18.1. The van der Waals surface area contributed by atoms with E-state index >= 15 is 0 Å². The Hall–Kier alpha value is -1.57. The summed E-state index contributed by atoms with van der Waals surface area (Å²) >= 11 is 6.03. The van der Waals surface area contributed by atoms with Crippen LogP contribution >= 0.6 is 11.6 Å². The van der Waals surface area contributed by atoms with Crippen LogP contribution in [0.2, 0.25) is 5.02 Å². The molecule has 0 fully saturated rings. The van der Waals surface area contributed by atoms with Gasteiger partial charge in [0.25, 0.3) is 0 Å². The second-order valence-corrected chi connectivity index (χ2v) is 3.44. The second kappa shape index (κ2) is 6.11. The molecule has 16 heavy (non-hydrogen) atoms. The summed E-state index contributed by atoms with van der Waals surface area (Å²) in [5.41, 5.74) is 0.374. The van der Waals surface area contributed by atoms with Crippen molar-refractivity contribution < 1.29 is 5.11 Å². The van der Waals surface area contributed by atoms with E-state index in [0.29, 0.717) is 29.5 Å². The maximum absolute atomic E-state index is 8.93. The van der Waals surface area contributed by atoms with Gasteiger partial charge in [-0.05, 0) is 6.07 Å². The van der Waals surface area contributed by atoms with Crippen LogP contribution in [0.1, 0.15) is 5.56 Å². The number of nitrogens with zero attached hydrogens (tertiary/aromatic N) is 3. The summed E-state index contributed by atoms with van der Waals surface area (Å²) in [4.78, 5) is 5.87. The Kier molecular flexibility index (Phi) is 4.77. The largest absolute Gasteiger partial charge is 0.395 e. The fraction of sp³-hybridized carbons (Fsp3) is 0.273. The third-order valence-corrected chi connectivity index (χ3v) is 2.38. The summed E-state index contributed by atoms with van der Waals surface area (Å²) in [6.07, 6.45) is 3.21. The molecular formula is C11H12ClN3O. The number of halogens is 1. The van der Waals surface area contributed by atoms with Crippen LogP contribution in [0.15, 0.2) is 24.9 Å². The topological polar surface area (TPSA) is 60.1 Å². The van der Waals surface area contributed by atoms with Gasteiger partial charge in [0.15, 0.2) is 0 Å². The van der Waals surface area contributed by atoms with Crippen molar-refractivity contribution in [1.82, 2.24) is 4.98 Å². The molecule has 0 unspecified atom stereocenters. The number of aliphatic hydroxyl groups is 1. The summed E-state index contributed by atoms with van der Waals surface area (Å²) in [7, 11) is 0. The number of pyridine rings is 1. The van der Waals surface area contributed by atoms with Crippen molar-refractivity contribution in [3.05, 3.63) is 35.5 Å². The molecule has 0 aromatic carbocycles. The van der Waals surface area contributed by atoms with Crippen LogP contribution in [0.4, 0.5) is 5.82 Å². The number of hydrogen-bond donors (Lipinski definition) is 1. The highest BCUT2D eigenvalue weighted by molar-refractivity contribution is 6.34. The first-order chi connectivity index (χ1) is 7.74. The molecule has 0 spiro atoms. The lowest BCUT2D eigenvalue weighted by Gasteiger charge is -2.22. The Morgan fingerprint density at radius 2 is 2.44 bits per heavy atom. The molecule has 4 nitrogen and oxygen atoms in total. The summed E-state index contributed by atoms with van der Waals surface area (Å²) in [6.45, 7) is 4.52. The second-order valence-electron chi connectivity index (χ2n) is 3.07. The Morgan fingerprint density at radius 3 is 3.00 bits per heavy atom. The van der Waals surface area contributed by atoms with Crippen LogP contribution in [0, 0.1) is 11.3 Å². The highest BCUT2D eigenvalue weighted by atomic mass is 35.5. The molecule has 1 aromatic heterocycles. The minimum absolute atomic E-state index is 0.0113. The number of aliphatic hydroxyl groups excluding tert-OH is 1. The smallest absolute Gasteiger partial charge is 0.149 e. The maximum atomic E-state index is 8.93. The van der Waals surface area contributed by atoms with E-state index in [0.717, 1.165) is 0 Å². The Labute approximate surface area is 99.4 Å². The van der Waals surface area contributed by atoms with Crippen LogP contribution in [-0.2, 0) is 0 Å². The van der Waals surface area contributed by atoms with Gasteiger partial charge < -0.3 is 10.0 Å². The first-order valence-electron chi connectivity index (χ1n) is 4.76. The molecule has 84 valence electrons. The standard InChI is InChI=1S/C11H12ClN3O/c1-2-5-15(6-7-16)11-10(12)9(8-13)3-4-14-11/h2-4,16H,1,5-7H2. The van der Waals surface area contributed by atoms with Crippen LogP contribution in [0.25, 0.3) is 0 Å². The predicted octanol–water partition coefficient (Wildman–Crippen LogP) is 1.59. The zero-order chi connectivity index (χ0) is 12.0. The lowest BCUT2D eigenvalue weighted by molar-refractivity contribution is 0.302. The monoisotopic (exact) mass is 237 g/mol. The van der Waals surface area contributed by atoms with E-state index in [1.54, 1.807) is 17.0 Å². The Morgan fingerprint density at radius 1 is 1.69 bits per heavy atom. The molecule has 0 bridgehead atoms. The summed E-state index contributed by atoms with van der Waals surface area (Å²) in [6, 6.07) is 3.54. The van der Waals surface area contributed by atoms with E-state index in [1.165, 1.54) is 6.20 Å². The van der Waals surface area contributed by atoms with Crippen molar-refractivity contribution >= 4 is 17.4 Å². The average molecular weight is 238 g/mol. The zero-order valence-corrected chi connectivity index (χ0v) is 9.48. The average Bonchev–Trinajstić information content (AvgIpc) is 2.29. The Bertz CT molecular complexity index is 414. The normalized spacial score (nSPS) is 9.56. The van der Waals surface area contributed by atoms with Gasteiger partial charge in [-0.15, -0.1) is 6.58 Å². The first-order valence-corrected chi connectivity index (χ1v) is 5.13. The van der Waals surface area contributed by atoms with Crippen LogP contribution in [-0.4, -0.2) is 29.8 Å². The van der Waals surface area contributed by atoms with Crippen molar-refractivity contribution in [2.45, 2.75) is 0 Å². The molecule has 1 heterocycles. The molecule has 1 N–H and O–H groups in total. The van der Waals surface area contributed by atoms with Gasteiger partial charge in [0.2, 0.25) is 0 Å². The van der Waals surface area contributed by atoms with Gasteiger partial charge in [0.1, 0.15) is 16.9 Å². The van der Waals surface area contributed by atoms with Gasteiger partial charge in [-0.1, -0.05) is 17.7 Å². The maximum Gasteiger partial charge on any atom is 0.149 e. The van der Waals surface area contributed by atoms with Crippen molar-refractivity contribution in [3.8, 4) is 6.07 Å². The molecule has 0 aliphatic rings. The molecule has 0 saturated heterocycles. The minimum Gasteiger partial charge on any atom is -0.395 e. The summed E-state index contributed by atoms with van der Waals surface area (Å²) in [5.74, 6) is 0.495. The van der Waals surface area contributed by atoms with E-state index in [4.69, 9.17) is 22.0 Å². The molecule has 0 atom stereocenters. The van der Waals surface area contributed by atoms with Gasteiger partial charge >= 0.3 is 0 Å². The van der Waals surface area contributed by atoms with Crippen LogP contribution < -0.4 is 4.90 Å². The molecular weight excluding hydrogens is 226 g/mol. The van der Waals surface area contributed by atoms with Crippen molar-refractivity contribution in [2.75, 3.05) is 24.6 Å². The molecule has 1 rings (SSSR count). The van der Waals surface area contributed by atoms with Crippen molar-refractivity contribution in [3.63, 3.8) is 0 Å². The number of rotatable bonds is 5. The van der Waals surface area contributed by atoms with E-state index < -0.39 is 0 Å². The van der Waals surface area contributed by atoms with Gasteiger partial charge in [0.05, 0.1) is 12.2 Å². The van der Waals surface area contributed by atoms with Crippen molar-refractivity contribution in [1.29, 1.82) is 5.26 Å². The molecule has 5 heteroatoms. The number of hydrogen-bond acceptors (Lipinski definition) is 4. The molecule has 0 amide bonds. The van der Waals surface area contributed by atoms with E-state index in [1.807, 2.05) is 6.07 Å². The highest BCUT2D eigenvalue weighted by Crippen LogP contribution is 2.26. The quantitative estimate of drug-likeness (QED) is 0.791. The minimum atomic E-state index is -0.0113. The molecule has 0 aliphatic carbocycles. The van der Waals surface area contributed by atoms with E-state index in [9.17, 15) is 0 Å². The number of nitriles is 1. The van der Waals surface area contributed by atoms with Crippen LogP contribution in [0.3, 0.4) is 0 Å². The fourth-order valence-electron chi connectivity index (χ4n) is 1.30. The third kappa shape index (κ3) is 2.72. The Balaban J connectivity index is 3.09. The molecule has 0 saturated carbocycles. The molecule has 1 aromatic rings. The number of aromatic nitrogens is 1. The predicted molar refractivity (Wildman–Crippen MR) is 63.5 cm³/mol. The van der Waals surface area contributed by atoms with Crippen molar-refractivity contribution in [2.24, 2.45) is 0 Å². The molecule has 0 aliphatic heterocycles. The van der Waals surface area contributed by atoms with Crippen LogP contribution in [0.5, 0.6) is 0 Å². The van der Waals surface area contributed by atoms with E-state index in [2.05, 4.69) is 11.6 Å². The van der Waals surface area contributed by atoms with Gasteiger partial charge in [-0.2, -0.15) is 5.26 Å².